The van der Waals surface area contributed by atoms with E-state index < -0.39 is 15.9 Å². The van der Waals surface area contributed by atoms with Gasteiger partial charge in [0, 0.05) is 25.0 Å². The van der Waals surface area contributed by atoms with Crippen LogP contribution in [-0.4, -0.2) is 45.7 Å². The number of carbonyl (C=O) groups excluding carboxylic acids is 1. The van der Waals surface area contributed by atoms with Crippen LogP contribution >= 0.6 is 0 Å². The Hall–Kier alpha value is -4.06. The molecule has 0 saturated carbocycles. The van der Waals surface area contributed by atoms with Crippen molar-refractivity contribution in [3.63, 3.8) is 0 Å². The van der Waals surface area contributed by atoms with E-state index in [1.165, 1.54) is 54.3 Å². The average molecular weight is 511 g/mol. The van der Waals surface area contributed by atoms with Crippen molar-refractivity contribution in [2.75, 3.05) is 6.61 Å². The molecule has 0 bridgehead atoms. The van der Waals surface area contributed by atoms with Crippen molar-refractivity contribution < 1.29 is 17.9 Å². The fraction of sp³-hybridized carbons (Fsp3) is 0.292. The molecular formula is C24H26N6O5S. The Bertz CT molecular complexity index is 1590. The van der Waals surface area contributed by atoms with E-state index in [0.717, 1.165) is 0 Å². The third-order valence-electron chi connectivity index (χ3n) is 5.44. The van der Waals surface area contributed by atoms with Gasteiger partial charge in [0.2, 0.25) is 0 Å². The van der Waals surface area contributed by atoms with Crippen LogP contribution in [0.3, 0.4) is 0 Å². The number of hydrogen-bond acceptors (Lipinski definition) is 8. The lowest BCUT2D eigenvalue weighted by atomic mass is 10.1. The Labute approximate surface area is 207 Å². The first kappa shape index (κ1) is 25.0. The van der Waals surface area contributed by atoms with Gasteiger partial charge in [-0.1, -0.05) is 13.8 Å². The Kier molecular flexibility index (Phi) is 6.88. The van der Waals surface area contributed by atoms with Crippen LogP contribution in [0.15, 0.2) is 52.4 Å². The molecule has 0 fully saturated rings. The second-order valence-corrected chi connectivity index (χ2v) is 10.2. The number of rotatable bonds is 8. The van der Waals surface area contributed by atoms with Crippen molar-refractivity contribution in [2.45, 2.75) is 32.1 Å². The molecule has 188 valence electrons. The molecule has 0 spiro atoms. The monoisotopic (exact) mass is 510 g/mol. The van der Waals surface area contributed by atoms with Gasteiger partial charge in [0.25, 0.3) is 21.5 Å². The molecule has 2 N–H and O–H groups in total. The van der Waals surface area contributed by atoms with Crippen molar-refractivity contribution in [3.05, 3.63) is 64.3 Å². The highest BCUT2D eigenvalue weighted by Crippen LogP contribution is 2.32. The van der Waals surface area contributed by atoms with Crippen LogP contribution in [0.1, 0.15) is 36.8 Å². The lowest BCUT2D eigenvalue weighted by Gasteiger charge is -2.15. The molecule has 0 aliphatic heterocycles. The summed E-state index contributed by atoms with van der Waals surface area (Å²) in [5.74, 6) is 0.0449. The lowest BCUT2D eigenvalue weighted by molar-refractivity contribution is 0.0981. The van der Waals surface area contributed by atoms with Crippen molar-refractivity contribution in [3.8, 4) is 17.1 Å². The van der Waals surface area contributed by atoms with E-state index in [4.69, 9.17) is 9.72 Å². The minimum Gasteiger partial charge on any atom is -0.493 e. The van der Waals surface area contributed by atoms with Gasteiger partial charge in [0.1, 0.15) is 17.1 Å². The number of aromatic nitrogens is 5. The molecule has 0 radical (unpaired) electrons. The van der Waals surface area contributed by atoms with Gasteiger partial charge in [-0.2, -0.15) is 5.10 Å². The smallest absolute Gasteiger partial charge is 0.281 e. The quantitative estimate of drug-likeness (QED) is 0.367. The van der Waals surface area contributed by atoms with Crippen LogP contribution in [-0.2, 0) is 23.5 Å². The minimum atomic E-state index is -4.26. The maximum Gasteiger partial charge on any atom is 0.281 e. The number of hydrogen-bond donors (Lipinski definition) is 2. The van der Waals surface area contributed by atoms with Crippen molar-refractivity contribution in [2.24, 2.45) is 13.0 Å². The Morgan fingerprint density at radius 2 is 1.89 bits per heavy atom. The highest BCUT2D eigenvalue weighted by Gasteiger charge is 2.24. The number of nitrogens with zero attached hydrogens (tertiary/aromatic N) is 4. The summed E-state index contributed by atoms with van der Waals surface area (Å²) in [6.45, 7) is 6.17. The number of amides is 1. The van der Waals surface area contributed by atoms with E-state index in [-0.39, 0.29) is 32.9 Å². The van der Waals surface area contributed by atoms with Gasteiger partial charge in [0.15, 0.2) is 5.52 Å². The molecular weight excluding hydrogens is 484 g/mol. The molecule has 12 heteroatoms. The van der Waals surface area contributed by atoms with Crippen molar-refractivity contribution in [1.29, 1.82) is 0 Å². The Morgan fingerprint density at radius 1 is 1.17 bits per heavy atom. The number of aromatic amines is 1. The highest BCUT2D eigenvalue weighted by molar-refractivity contribution is 7.90. The second kappa shape index (κ2) is 9.90. The molecule has 1 aromatic carbocycles. The number of pyridine rings is 1. The van der Waals surface area contributed by atoms with Gasteiger partial charge in [-0.05, 0) is 49.6 Å². The van der Waals surface area contributed by atoms with Crippen LogP contribution in [0, 0.1) is 5.92 Å². The molecule has 0 aliphatic rings. The summed E-state index contributed by atoms with van der Waals surface area (Å²) in [5, 5.41) is 7.04. The summed E-state index contributed by atoms with van der Waals surface area (Å²) in [7, 11) is -2.73. The summed E-state index contributed by atoms with van der Waals surface area (Å²) < 4.78 is 35.2. The number of benzene rings is 1. The molecule has 0 saturated heterocycles. The third-order valence-corrected chi connectivity index (χ3v) is 6.77. The zero-order valence-corrected chi connectivity index (χ0v) is 21.1. The maximum atomic E-state index is 13.1. The van der Waals surface area contributed by atoms with Crippen molar-refractivity contribution >= 4 is 27.0 Å². The summed E-state index contributed by atoms with van der Waals surface area (Å²) >= 11 is 0. The van der Waals surface area contributed by atoms with Gasteiger partial charge >= 0.3 is 0 Å². The minimum absolute atomic E-state index is 0.145. The van der Waals surface area contributed by atoms with Crippen LogP contribution in [0.4, 0.5) is 0 Å². The Morgan fingerprint density at radius 3 is 2.56 bits per heavy atom. The number of fused-ring (bicyclic) bond motifs is 1. The molecule has 0 atom stereocenters. The van der Waals surface area contributed by atoms with E-state index in [1.807, 2.05) is 13.8 Å². The van der Waals surface area contributed by atoms with E-state index in [2.05, 4.69) is 19.9 Å². The van der Waals surface area contributed by atoms with Gasteiger partial charge in [0.05, 0.1) is 22.8 Å². The maximum absolute atomic E-state index is 13.1. The van der Waals surface area contributed by atoms with Crippen LogP contribution < -0.4 is 15.0 Å². The first-order valence-corrected chi connectivity index (χ1v) is 12.8. The number of ether oxygens (including phenoxy) is 1. The molecule has 0 unspecified atom stereocenters. The largest absolute Gasteiger partial charge is 0.493 e. The summed E-state index contributed by atoms with van der Waals surface area (Å²) in [4.78, 5) is 33.9. The summed E-state index contributed by atoms with van der Waals surface area (Å²) in [6, 6.07) is 6.95. The molecule has 0 aliphatic carbocycles. The van der Waals surface area contributed by atoms with Crippen LogP contribution in [0.25, 0.3) is 22.4 Å². The lowest BCUT2D eigenvalue weighted by Crippen LogP contribution is -2.30. The van der Waals surface area contributed by atoms with E-state index in [9.17, 15) is 18.0 Å². The molecule has 1 amide bonds. The first-order chi connectivity index (χ1) is 17.1. The van der Waals surface area contributed by atoms with Gasteiger partial charge in [-0.15, -0.1) is 0 Å². The molecule has 3 aromatic heterocycles. The van der Waals surface area contributed by atoms with Crippen LogP contribution in [0.2, 0.25) is 0 Å². The van der Waals surface area contributed by atoms with E-state index in [0.29, 0.717) is 35.9 Å². The predicted molar refractivity (Wildman–Crippen MR) is 133 cm³/mol. The fourth-order valence-electron chi connectivity index (χ4n) is 3.74. The predicted octanol–water partition coefficient (Wildman–Crippen LogP) is 2.43. The number of sulfonamides is 1. The van der Waals surface area contributed by atoms with E-state index >= 15 is 0 Å². The Balaban J connectivity index is 1.84. The van der Waals surface area contributed by atoms with E-state index in [1.54, 1.807) is 6.92 Å². The SMILES string of the molecule is CCOc1ccc(S(=O)(=O)NC(=O)c2ccncc2)cc1-c1nc2c(CC(C)C)[nH]nc2c(=O)n1C. The zero-order valence-electron chi connectivity index (χ0n) is 20.3. The third kappa shape index (κ3) is 4.85. The highest BCUT2D eigenvalue weighted by atomic mass is 32.2. The molecule has 4 rings (SSSR count). The van der Waals surface area contributed by atoms with Crippen LogP contribution in [0.5, 0.6) is 5.75 Å². The summed E-state index contributed by atoms with van der Waals surface area (Å²) in [6.07, 6.45) is 3.41. The standard InChI is InChI=1S/C24H26N6O5S/c1-5-35-19-7-6-16(36(33,34)29-23(31)15-8-10-25-11-9-15)13-17(19)22-26-20-18(12-14(2)3)27-28-21(20)24(32)30(22)4/h6-11,13-14H,5,12H2,1-4H3,(H,27,28)(H,29,31). The molecule has 11 nitrogen and oxygen atoms in total. The number of nitrogens with one attached hydrogen (secondary N) is 2. The normalized spacial score (nSPS) is 11.7. The number of H-pyrrole nitrogens is 1. The van der Waals surface area contributed by atoms with Gasteiger partial charge in [-0.25, -0.2) is 18.1 Å². The fourth-order valence-corrected chi connectivity index (χ4v) is 4.74. The first-order valence-electron chi connectivity index (χ1n) is 11.3. The van der Waals surface area contributed by atoms with Crippen molar-refractivity contribution in [1.82, 2.24) is 29.5 Å². The molecule has 36 heavy (non-hydrogen) atoms. The van der Waals surface area contributed by atoms with Gasteiger partial charge in [-0.3, -0.25) is 24.2 Å². The number of carbonyl (C=O) groups is 1. The second-order valence-electron chi connectivity index (χ2n) is 8.56. The molecule has 3 heterocycles. The zero-order chi connectivity index (χ0) is 26.0. The average Bonchev–Trinajstić information content (AvgIpc) is 3.24. The topological polar surface area (TPSA) is 149 Å². The van der Waals surface area contributed by atoms with Gasteiger partial charge < -0.3 is 4.74 Å². The summed E-state index contributed by atoms with van der Waals surface area (Å²) in [5.41, 5.74) is 1.38. The molecule has 4 aromatic rings.